The fraction of sp³-hybridized carbons (Fsp3) is 0.500. The summed E-state index contributed by atoms with van der Waals surface area (Å²) >= 11 is 0. The van der Waals surface area contributed by atoms with E-state index >= 15 is 0 Å². The van der Waals surface area contributed by atoms with Gasteiger partial charge in [0.2, 0.25) is 0 Å². The van der Waals surface area contributed by atoms with Gasteiger partial charge in [-0.2, -0.15) is 0 Å². The van der Waals surface area contributed by atoms with Crippen LogP contribution in [0.5, 0.6) is 5.75 Å². The van der Waals surface area contributed by atoms with Crippen LogP contribution in [-0.4, -0.2) is 48.5 Å². The summed E-state index contributed by atoms with van der Waals surface area (Å²) in [5, 5.41) is 9.05. The molecule has 1 aromatic carbocycles. The van der Waals surface area contributed by atoms with E-state index in [4.69, 9.17) is 9.84 Å². The number of hydrogen-bond donors (Lipinski definition) is 1. The minimum absolute atomic E-state index is 0.0935. The molecule has 5 heteroatoms. The van der Waals surface area contributed by atoms with Crippen molar-refractivity contribution in [3.63, 3.8) is 0 Å². The quantitative estimate of drug-likeness (QED) is 0.843. The van der Waals surface area contributed by atoms with E-state index in [0.29, 0.717) is 23.8 Å². The fourth-order valence-electron chi connectivity index (χ4n) is 2.78. The molecule has 0 spiro atoms. The maximum Gasteiger partial charge on any atom is 0.335 e. The first-order chi connectivity index (χ1) is 10.0. The first kappa shape index (κ1) is 15.5. The second-order valence-electron chi connectivity index (χ2n) is 5.63. The highest BCUT2D eigenvalue weighted by Crippen LogP contribution is 2.22. The average Bonchev–Trinajstić information content (AvgIpc) is 2.46. The maximum absolute atomic E-state index is 12.5. The zero-order valence-corrected chi connectivity index (χ0v) is 12.5. The molecule has 114 valence electrons. The highest BCUT2D eigenvalue weighted by Gasteiger charge is 2.21. The molecule has 1 atom stereocenters. The van der Waals surface area contributed by atoms with Crippen LogP contribution >= 0.6 is 0 Å². The molecular formula is C16H21NO4. The molecule has 2 rings (SSSR count). The van der Waals surface area contributed by atoms with Crippen LogP contribution < -0.4 is 4.74 Å². The minimum Gasteiger partial charge on any atom is -0.496 e. The number of hydrogen-bond acceptors (Lipinski definition) is 4. The molecule has 0 amide bonds. The van der Waals surface area contributed by atoms with Crippen molar-refractivity contribution in [3.8, 4) is 5.75 Å². The first-order valence-electron chi connectivity index (χ1n) is 7.18. The van der Waals surface area contributed by atoms with Crippen LogP contribution in [0.1, 0.15) is 40.5 Å². The lowest BCUT2D eigenvalue weighted by molar-refractivity contribution is 0.0697. The number of nitrogens with zero attached hydrogens (tertiary/aromatic N) is 1. The third-order valence-electron chi connectivity index (χ3n) is 3.86. The Morgan fingerprint density at radius 3 is 2.81 bits per heavy atom. The predicted octanol–water partition coefficient (Wildman–Crippen LogP) is 2.31. The van der Waals surface area contributed by atoms with Crippen molar-refractivity contribution in [2.24, 2.45) is 5.92 Å². The van der Waals surface area contributed by atoms with E-state index in [9.17, 15) is 9.59 Å². The van der Waals surface area contributed by atoms with Crippen molar-refractivity contribution >= 4 is 11.8 Å². The summed E-state index contributed by atoms with van der Waals surface area (Å²) in [4.78, 5) is 25.6. The molecule has 5 nitrogen and oxygen atoms in total. The summed E-state index contributed by atoms with van der Waals surface area (Å²) in [7, 11) is 1.48. The molecule has 1 heterocycles. The number of rotatable bonds is 5. The van der Waals surface area contributed by atoms with Crippen LogP contribution in [0, 0.1) is 5.92 Å². The Kier molecular flexibility index (Phi) is 4.96. The molecule has 1 saturated heterocycles. The van der Waals surface area contributed by atoms with E-state index in [0.717, 1.165) is 19.5 Å². The number of likely N-dealkylation sites (tertiary alicyclic amines) is 1. The van der Waals surface area contributed by atoms with Gasteiger partial charge in [-0.15, -0.1) is 0 Å². The van der Waals surface area contributed by atoms with E-state index < -0.39 is 5.97 Å². The third-order valence-corrected chi connectivity index (χ3v) is 3.86. The molecule has 0 aliphatic carbocycles. The Labute approximate surface area is 124 Å². The Hall–Kier alpha value is -1.88. The van der Waals surface area contributed by atoms with Gasteiger partial charge >= 0.3 is 5.97 Å². The molecular weight excluding hydrogens is 270 g/mol. The van der Waals surface area contributed by atoms with Gasteiger partial charge in [0.05, 0.1) is 24.8 Å². The van der Waals surface area contributed by atoms with Crippen LogP contribution in [0.15, 0.2) is 18.2 Å². The monoisotopic (exact) mass is 291 g/mol. The molecule has 1 aliphatic rings. The standard InChI is InChI=1S/C16H21NO4/c1-11-4-3-7-17(9-11)10-14(18)13-8-12(16(19)20)5-6-15(13)21-2/h5-6,8,11H,3-4,7,9-10H2,1-2H3,(H,19,20). The number of ketones is 1. The lowest BCUT2D eigenvalue weighted by atomic mass is 9.99. The molecule has 0 bridgehead atoms. The van der Waals surface area contributed by atoms with Crippen molar-refractivity contribution in [2.45, 2.75) is 19.8 Å². The van der Waals surface area contributed by atoms with Crippen molar-refractivity contribution in [1.82, 2.24) is 4.90 Å². The van der Waals surface area contributed by atoms with Crippen molar-refractivity contribution < 1.29 is 19.4 Å². The largest absolute Gasteiger partial charge is 0.496 e. The number of aromatic carboxylic acids is 1. The molecule has 1 aliphatic heterocycles. The minimum atomic E-state index is -1.04. The number of carboxylic acid groups (broad SMARTS) is 1. The van der Waals surface area contributed by atoms with Crippen LogP contribution in [0.3, 0.4) is 0 Å². The van der Waals surface area contributed by atoms with Crippen molar-refractivity contribution in [3.05, 3.63) is 29.3 Å². The third kappa shape index (κ3) is 3.82. The van der Waals surface area contributed by atoms with Crippen molar-refractivity contribution in [1.29, 1.82) is 0 Å². The number of carbonyl (C=O) groups is 2. The number of benzene rings is 1. The van der Waals surface area contributed by atoms with Crippen LogP contribution in [0.2, 0.25) is 0 Å². The summed E-state index contributed by atoms with van der Waals surface area (Å²) in [5.74, 6) is -0.115. The highest BCUT2D eigenvalue weighted by molar-refractivity contribution is 6.02. The SMILES string of the molecule is COc1ccc(C(=O)O)cc1C(=O)CN1CCCC(C)C1. The van der Waals surface area contributed by atoms with Gasteiger partial charge in [0.1, 0.15) is 5.75 Å². The van der Waals surface area contributed by atoms with E-state index in [1.54, 1.807) is 0 Å². The summed E-state index contributed by atoms with van der Waals surface area (Å²) in [6, 6.07) is 4.38. The van der Waals surface area contributed by atoms with Crippen LogP contribution in [0.4, 0.5) is 0 Å². The average molecular weight is 291 g/mol. The highest BCUT2D eigenvalue weighted by atomic mass is 16.5. The molecule has 1 unspecified atom stereocenters. The van der Waals surface area contributed by atoms with Gasteiger partial charge in [-0.1, -0.05) is 6.92 Å². The van der Waals surface area contributed by atoms with E-state index in [1.807, 2.05) is 0 Å². The number of methoxy groups -OCH3 is 1. The Morgan fingerprint density at radius 2 is 2.19 bits per heavy atom. The van der Waals surface area contributed by atoms with Gasteiger partial charge in [-0.05, 0) is 43.5 Å². The lowest BCUT2D eigenvalue weighted by Gasteiger charge is -2.30. The van der Waals surface area contributed by atoms with Gasteiger partial charge in [0.25, 0.3) is 0 Å². The number of carboxylic acids is 1. The molecule has 1 aromatic rings. The smallest absolute Gasteiger partial charge is 0.335 e. The molecule has 0 saturated carbocycles. The van der Waals surface area contributed by atoms with Gasteiger partial charge in [0.15, 0.2) is 5.78 Å². The van der Waals surface area contributed by atoms with Gasteiger partial charge in [0, 0.05) is 6.54 Å². The Bertz CT molecular complexity index is 541. The number of ether oxygens (including phenoxy) is 1. The normalized spacial score (nSPS) is 19.2. The van der Waals surface area contributed by atoms with Crippen LogP contribution in [0.25, 0.3) is 0 Å². The summed E-state index contributed by atoms with van der Waals surface area (Å²) in [5.41, 5.74) is 0.446. The predicted molar refractivity (Wildman–Crippen MR) is 79.1 cm³/mol. The second-order valence-corrected chi connectivity index (χ2v) is 5.63. The number of Topliss-reactive ketones (excluding diaryl/α,β-unsaturated/α-hetero) is 1. The summed E-state index contributed by atoms with van der Waals surface area (Å²) < 4.78 is 5.18. The van der Waals surface area contributed by atoms with Gasteiger partial charge in [-0.3, -0.25) is 9.69 Å². The van der Waals surface area contributed by atoms with Gasteiger partial charge < -0.3 is 9.84 Å². The molecule has 0 radical (unpaired) electrons. The molecule has 1 fully saturated rings. The Morgan fingerprint density at radius 1 is 1.43 bits per heavy atom. The number of carbonyl (C=O) groups excluding carboxylic acids is 1. The summed E-state index contributed by atoms with van der Waals surface area (Å²) in [6.07, 6.45) is 2.29. The first-order valence-corrected chi connectivity index (χ1v) is 7.18. The second kappa shape index (κ2) is 6.72. The van der Waals surface area contributed by atoms with Crippen LogP contribution in [-0.2, 0) is 0 Å². The number of piperidine rings is 1. The molecule has 1 N–H and O–H groups in total. The van der Waals surface area contributed by atoms with E-state index in [2.05, 4.69) is 11.8 Å². The lowest BCUT2D eigenvalue weighted by Crippen LogP contribution is -2.38. The Balaban J connectivity index is 2.17. The topological polar surface area (TPSA) is 66.8 Å². The van der Waals surface area contributed by atoms with E-state index in [-0.39, 0.29) is 11.3 Å². The maximum atomic E-state index is 12.5. The zero-order chi connectivity index (χ0) is 15.4. The molecule has 0 aromatic heterocycles. The zero-order valence-electron chi connectivity index (χ0n) is 12.5. The molecule has 21 heavy (non-hydrogen) atoms. The van der Waals surface area contributed by atoms with Gasteiger partial charge in [-0.25, -0.2) is 4.79 Å². The van der Waals surface area contributed by atoms with Crippen molar-refractivity contribution in [2.75, 3.05) is 26.7 Å². The fourth-order valence-corrected chi connectivity index (χ4v) is 2.78. The summed E-state index contributed by atoms with van der Waals surface area (Å²) in [6.45, 7) is 4.32. The van der Waals surface area contributed by atoms with E-state index in [1.165, 1.54) is 31.7 Å².